The van der Waals surface area contributed by atoms with Crippen LogP contribution < -0.4 is 9.47 Å². The molecule has 0 unspecified atom stereocenters. The average Bonchev–Trinajstić information content (AvgIpc) is 2.52. The Hall–Kier alpha value is -1.97. The van der Waals surface area contributed by atoms with Crippen molar-refractivity contribution in [3.05, 3.63) is 34.9 Å². The minimum absolute atomic E-state index is 0.248. The number of aryl methyl sites for hydroxylation is 1. The first-order valence-electron chi connectivity index (χ1n) is 7.91. The summed E-state index contributed by atoms with van der Waals surface area (Å²) in [7, 11) is 3.34. The van der Waals surface area contributed by atoms with Crippen molar-refractivity contribution in [3.63, 3.8) is 0 Å². The summed E-state index contributed by atoms with van der Waals surface area (Å²) in [5, 5.41) is 0. The van der Waals surface area contributed by atoms with Crippen LogP contribution in [0.2, 0.25) is 0 Å². The molecule has 0 fully saturated rings. The van der Waals surface area contributed by atoms with Gasteiger partial charge in [-0.15, -0.1) is 0 Å². The van der Waals surface area contributed by atoms with Gasteiger partial charge in [-0.1, -0.05) is 25.1 Å². The van der Waals surface area contributed by atoms with E-state index in [4.69, 9.17) is 14.2 Å². The van der Waals surface area contributed by atoms with Gasteiger partial charge in [0.05, 0.1) is 14.2 Å². The van der Waals surface area contributed by atoms with Crippen LogP contribution in [0.4, 0.5) is 0 Å². The minimum atomic E-state index is -0.248. The topological polar surface area (TPSA) is 44.8 Å². The van der Waals surface area contributed by atoms with E-state index in [1.165, 1.54) is 6.92 Å². The number of esters is 1. The highest BCUT2D eigenvalue weighted by Gasteiger charge is 2.17. The van der Waals surface area contributed by atoms with E-state index in [0.29, 0.717) is 12.5 Å². The Balaban J connectivity index is 2.73. The Morgan fingerprint density at radius 2 is 1.83 bits per heavy atom. The van der Waals surface area contributed by atoms with E-state index in [1.807, 2.05) is 13.8 Å². The van der Waals surface area contributed by atoms with Gasteiger partial charge in [0, 0.05) is 12.5 Å². The Morgan fingerprint density at radius 1 is 1.17 bits per heavy atom. The zero-order valence-electron chi connectivity index (χ0n) is 15.1. The van der Waals surface area contributed by atoms with Gasteiger partial charge in [0.1, 0.15) is 6.61 Å². The van der Waals surface area contributed by atoms with E-state index >= 15 is 0 Å². The third kappa shape index (κ3) is 5.62. The van der Waals surface area contributed by atoms with Crippen molar-refractivity contribution in [1.82, 2.24) is 0 Å². The molecule has 0 saturated heterocycles. The Morgan fingerprint density at radius 3 is 2.39 bits per heavy atom. The first-order chi connectivity index (χ1) is 10.9. The van der Waals surface area contributed by atoms with Gasteiger partial charge in [-0.2, -0.15) is 0 Å². The monoisotopic (exact) mass is 320 g/mol. The molecule has 1 rings (SSSR count). The summed E-state index contributed by atoms with van der Waals surface area (Å²) in [4.78, 5) is 10.8. The first-order valence-corrected chi connectivity index (χ1v) is 7.91. The molecule has 0 aromatic heterocycles. The van der Waals surface area contributed by atoms with Gasteiger partial charge in [0.15, 0.2) is 11.5 Å². The van der Waals surface area contributed by atoms with Crippen molar-refractivity contribution in [1.29, 1.82) is 0 Å². The van der Waals surface area contributed by atoms with Gasteiger partial charge >= 0.3 is 5.97 Å². The van der Waals surface area contributed by atoms with Crippen LogP contribution in [0.5, 0.6) is 11.5 Å². The SMILES string of the molecule is COc1c(C)ccc([C@@H](C)CC/C=C(\C)COC(C)=O)c1OC. The van der Waals surface area contributed by atoms with Crippen LogP contribution in [0.1, 0.15) is 50.7 Å². The molecule has 1 aromatic rings. The Labute approximate surface area is 139 Å². The van der Waals surface area contributed by atoms with Gasteiger partial charge in [0.25, 0.3) is 0 Å². The van der Waals surface area contributed by atoms with Crippen LogP contribution in [0.25, 0.3) is 0 Å². The lowest BCUT2D eigenvalue weighted by Gasteiger charge is -2.19. The van der Waals surface area contributed by atoms with Crippen LogP contribution in [0.15, 0.2) is 23.8 Å². The molecular formula is C19H28O4. The van der Waals surface area contributed by atoms with E-state index in [1.54, 1.807) is 14.2 Å². The third-order valence-electron chi connectivity index (χ3n) is 3.87. The number of rotatable bonds is 8. The van der Waals surface area contributed by atoms with E-state index in [2.05, 4.69) is 25.1 Å². The fourth-order valence-corrected chi connectivity index (χ4v) is 2.54. The van der Waals surface area contributed by atoms with Crippen LogP contribution in [-0.4, -0.2) is 26.8 Å². The minimum Gasteiger partial charge on any atom is -0.493 e. The molecule has 0 aliphatic heterocycles. The number of carbonyl (C=O) groups is 1. The summed E-state index contributed by atoms with van der Waals surface area (Å²) in [5.74, 6) is 1.72. The highest BCUT2D eigenvalue weighted by molar-refractivity contribution is 5.66. The molecule has 128 valence electrons. The van der Waals surface area contributed by atoms with Crippen molar-refractivity contribution in [2.24, 2.45) is 0 Å². The summed E-state index contributed by atoms with van der Waals surface area (Å²) in [5.41, 5.74) is 3.29. The number of methoxy groups -OCH3 is 2. The lowest BCUT2D eigenvalue weighted by atomic mass is 9.93. The highest BCUT2D eigenvalue weighted by Crippen LogP contribution is 2.39. The van der Waals surface area contributed by atoms with Crippen LogP contribution in [0.3, 0.4) is 0 Å². The molecule has 0 aliphatic rings. The van der Waals surface area contributed by atoms with E-state index < -0.39 is 0 Å². The van der Waals surface area contributed by atoms with Crippen molar-refractivity contribution in [2.75, 3.05) is 20.8 Å². The quantitative estimate of drug-likeness (QED) is 0.526. The lowest BCUT2D eigenvalue weighted by molar-refractivity contribution is -0.139. The Kier molecular flexibility index (Phi) is 7.66. The Bertz CT molecular complexity index is 561. The second-order valence-electron chi connectivity index (χ2n) is 5.85. The number of benzene rings is 1. The third-order valence-corrected chi connectivity index (χ3v) is 3.87. The van der Waals surface area contributed by atoms with E-state index in [9.17, 15) is 4.79 Å². The predicted octanol–water partition coefficient (Wildman–Crippen LogP) is 4.41. The summed E-state index contributed by atoms with van der Waals surface area (Å²) >= 11 is 0. The standard InChI is InChI=1S/C19H28O4/c1-13(12-23-16(4)20)8-7-9-14(2)17-11-10-15(3)18(21-5)19(17)22-6/h8,10-11,14H,7,9,12H2,1-6H3/b13-8+/t14-/m0/s1. The fraction of sp³-hybridized carbons (Fsp3) is 0.526. The van der Waals surface area contributed by atoms with Gasteiger partial charge in [-0.3, -0.25) is 4.79 Å². The van der Waals surface area contributed by atoms with Crippen molar-refractivity contribution in [3.8, 4) is 11.5 Å². The second-order valence-corrected chi connectivity index (χ2v) is 5.85. The van der Waals surface area contributed by atoms with Gasteiger partial charge < -0.3 is 14.2 Å². The molecule has 0 amide bonds. The largest absolute Gasteiger partial charge is 0.493 e. The molecule has 0 radical (unpaired) electrons. The van der Waals surface area contributed by atoms with Gasteiger partial charge in [0.2, 0.25) is 0 Å². The van der Waals surface area contributed by atoms with Crippen molar-refractivity contribution >= 4 is 5.97 Å². The first kappa shape index (κ1) is 19.1. The molecule has 0 heterocycles. The second kappa shape index (κ2) is 9.23. The molecule has 0 spiro atoms. The van der Waals surface area contributed by atoms with Crippen LogP contribution >= 0.6 is 0 Å². The molecular weight excluding hydrogens is 292 g/mol. The number of hydrogen-bond acceptors (Lipinski definition) is 4. The summed E-state index contributed by atoms with van der Waals surface area (Å²) in [6.45, 7) is 7.96. The highest BCUT2D eigenvalue weighted by atomic mass is 16.5. The number of carbonyl (C=O) groups excluding carboxylic acids is 1. The maximum atomic E-state index is 10.8. The smallest absolute Gasteiger partial charge is 0.302 e. The van der Waals surface area contributed by atoms with Gasteiger partial charge in [-0.05, 0) is 43.7 Å². The number of allylic oxidation sites excluding steroid dienone is 1. The van der Waals surface area contributed by atoms with Gasteiger partial charge in [-0.25, -0.2) is 0 Å². The summed E-state index contributed by atoms with van der Waals surface area (Å²) in [6.07, 6.45) is 4.03. The number of hydrogen-bond donors (Lipinski definition) is 0. The average molecular weight is 320 g/mol. The zero-order chi connectivity index (χ0) is 17.4. The lowest BCUT2D eigenvalue weighted by Crippen LogP contribution is -2.02. The molecule has 1 atom stereocenters. The molecule has 4 heteroatoms. The maximum absolute atomic E-state index is 10.8. The molecule has 23 heavy (non-hydrogen) atoms. The van der Waals surface area contributed by atoms with Crippen molar-refractivity contribution in [2.45, 2.75) is 46.5 Å². The maximum Gasteiger partial charge on any atom is 0.302 e. The van der Waals surface area contributed by atoms with Crippen LogP contribution in [-0.2, 0) is 9.53 Å². The molecule has 1 aromatic carbocycles. The van der Waals surface area contributed by atoms with Crippen molar-refractivity contribution < 1.29 is 19.0 Å². The molecule has 0 bridgehead atoms. The summed E-state index contributed by atoms with van der Waals surface area (Å²) < 4.78 is 16.0. The molecule has 0 saturated carbocycles. The number of ether oxygens (including phenoxy) is 3. The summed E-state index contributed by atoms with van der Waals surface area (Å²) in [6, 6.07) is 4.17. The molecule has 0 N–H and O–H groups in total. The molecule has 0 aliphatic carbocycles. The van der Waals surface area contributed by atoms with E-state index in [-0.39, 0.29) is 5.97 Å². The normalized spacial score (nSPS) is 12.7. The predicted molar refractivity (Wildman–Crippen MR) is 92.3 cm³/mol. The van der Waals surface area contributed by atoms with Crippen LogP contribution in [0, 0.1) is 6.92 Å². The fourth-order valence-electron chi connectivity index (χ4n) is 2.54. The van der Waals surface area contributed by atoms with E-state index in [0.717, 1.165) is 41.0 Å². The molecule has 4 nitrogen and oxygen atoms in total. The zero-order valence-corrected chi connectivity index (χ0v) is 15.1.